The summed E-state index contributed by atoms with van der Waals surface area (Å²) in [5.74, 6) is -1.44. The predicted molar refractivity (Wildman–Crippen MR) is 113 cm³/mol. The third kappa shape index (κ3) is 6.82. The molecule has 2 rings (SSSR count). The molecule has 0 radical (unpaired) electrons. The highest BCUT2D eigenvalue weighted by Gasteiger charge is 2.51. The van der Waals surface area contributed by atoms with Crippen molar-refractivity contribution in [3.05, 3.63) is 23.8 Å². The molecule has 1 aromatic carbocycles. The van der Waals surface area contributed by atoms with Gasteiger partial charge in [-0.1, -0.05) is 0 Å². The molecule has 1 heterocycles. The third-order valence-electron chi connectivity index (χ3n) is 4.86. The van der Waals surface area contributed by atoms with Crippen molar-refractivity contribution < 1.29 is 47.6 Å². The lowest BCUT2D eigenvalue weighted by Gasteiger charge is -2.45. The molecule has 0 saturated carbocycles. The Morgan fingerprint density at radius 1 is 0.909 bits per heavy atom. The van der Waals surface area contributed by atoms with E-state index in [-0.39, 0.29) is 6.61 Å². The molecule has 0 spiro atoms. The van der Waals surface area contributed by atoms with Crippen LogP contribution in [-0.2, 0) is 38.1 Å². The molecule has 182 valence electrons. The maximum absolute atomic E-state index is 12.1. The Morgan fingerprint density at radius 2 is 1.55 bits per heavy atom. The second kappa shape index (κ2) is 11.5. The van der Waals surface area contributed by atoms with E-state index in [1.165, 1.54) is 41.9 Å². The van der Waals surface area contributed by atoms with Crippen LogP contribution in [0.5, 0.6) is 11.5 Å². The lowest BCUT2D eigenvalue weighted by Crippen LogP contribution is -2.63. The standard InChI is InChI=1S/C22H29NO10/c1-11(24)23-19-20(16-8-7-15(28-5)9-17(16)29-6)33-18(10-30-12(2)25)21(31-13(3)26)22(19)32-14(4)27/h7-9,18-22H,10H2,1-6H3,(H,23,24)/t18-,19+,20+,21-,22-/m1/s1. The highest BCUT2D eigenvalue weighted by molar-refractivity contribution is 5.74. The van der Waals surface area contributed by atoms with Crippen molar-refractivity contribution in [3.8, 4) is 11.5 Å². The van der Waals surface area contributed by atoms with Crippen LogP contribution in [0.25, 0.3) is 0 Å². The molecule has 1 aliphatic rings. The van der Waals surface area contributed by atoms with Gasteiger partial charge in [0.25, 0.3) is 0 Å². The molecule has 1 saturated heterocycles. The van der Waals surface area contributed by atoms with Crippen LogP contribution in [-0.4, -0.2) is 69.0 Å². The molecular weight excluding hydrogens is 438 g/mol. The minimum absolute atomic E-state index is 0.285. The van der Waals surface area contributed by atoms with Crippen LogP contribution >= 0.6 is 0 Å². The zero-order valence-corrected chi connectivity index (χ0v) is 19.4. The van der Waals surface area contributed by atoms with Gasteiger partial charge in [-0.25, -0.2) is 0 Å². The normalized spacial score (nSPS) is 24.2. The Hall–Kier alpha value is -3.34. The van der Waals surface area contributed by atoms with Gasteiger partial charge in [-0.3, -0.25) is 19.2 Å². The zero-order chi connectivity index (χ0) is 24.7. The van der Waals surface area contributed by atoms with Gasteiger partial charge in [0.1, 0.15) is 36.4 Å². The molecule has 0 unspecified atom stereocenters. The lowest BCUT2D eigenvalue weighted by atomic mass is 9.88. The summed E-state index contributed by atoms with van der Waals surface area (Å²) in [5, 5.41) is 2.73. The molecule has 1 fully saturated rings. The smallest absolute Gasteiger partial charge is 0.303 e. The Bertz CT molecular complexity index is 886. The quantitative estimate of drug-likeness (QED) is 0.437. The largest absolute Gasteiger partial charge is 0.497 e. The highest BCUT2D eigenvalue weighted by atomic mass is 16.6. The number of benzene rings is 1. The zero-order valence-electron chi connectivity index (χ0n) is 19.4. The Kier molecular flexibility index (Phi) is 9.03. The lowest BCUT2D eigenvalue weighted by molar-refractivity contribution is -0.225. The number of amides is 1. The van der Waals surface area contributed by atoms with E-state index in [9.17, 15) is 19.2 Å². The van der Waals surface area contributed by atoms with Gasteiger partial charge in [-0.05, 0) is 12.1 Å². The molecule has 0 aliphatic carbocycles. The fraction of sp³-hybridized carbons (Fsp3) is 0.545. The van der Waals surface area contributed by atoms with Crippen LogP contribution in [0.1, 0.15) is 39.4 Å². The summed E-state index contributed by atoms with van der Waals surface area (Å²) in [7, 11) is 2.96. The van der Waals surface area contributed by atoms with Gasteiger partial charge in [0.15, 0.2) is 12.2 Å². The molecule has 1 N–H and O–H groups in total. The second-order valence-electron chi connectivity index (χ2n) is 7.38. The summed E-state index contributed by atoms with van der Waals surface area (Å²) in [6.07, 6.45) is -4.25. The number of ether oxygens (including phenoxy) is 6. The van der Waals surface area contributed by atoms with Crippen molar-refractivity contribution >= 4 is 23.8 Å². The molecule has 33 heavy (non-hydrogen) atoms. The maximum Gasteiger partial charge on any atom is 0.303 e. The van der Waals surface area contributed by atoms with E-state index < -0.39 is 54.3 Å². The van der Waals surface area contributed by atoms with Gasteiger partial charge in [0, 0.05) is 39.3 Å². The van der Waals surface area contributed by atoms with Crippen molar-refractivity contribution in [1.82, 2.24) is 5.32 Å². The first-order valence-electron chi connectivity index (χ1n) is 10.2. The highest BCUT2D eigenvalue weighted by Crippen LogP contribution is 2.40. The fourth-order valence-corrected chi connectivity index (χ4v) is 3.65. The van der Waals surface area contributed by atoms with E-state index in [4.69, 9.17) is 28.4 Å². The topological polar surface area (TPSA) is 136 Å². The van der Waals surface area contributed by atoms with E-state index in [1.807, 2.05) is 0 Å². The molecule has 0 aromatic heterocycles. The van der Waals surface area contributed by atoms with Gasteiger partial charge in [0.05, 0.1) is 14.2 Å². The first kappa shape index (κ1) is 25.9. The van der Waals surface area contributed by atoms with Crippen LogP contribution in [0.3, 0.4) is 0 Å². The number of rotatable bonds is 8. The maximum atomic E-state index is 12.1. The minimum atomic E-state index is -1.16. The average molecular weight is 467 g/mol. The molecule has 11 heteroatoms. The van der Waals surface area contributed by atoms with E-state index in [2.05, 4.69) is 5.32 Å². The molecule has 1 aliphatic heterocycles. The molecular formula is C22H29NO10. The fourth-order valence-electron chi connectivity index (χ4n) is 3.65. The van der Waals surface area contributed by atoms with Crippen LogP contribution in [0, 0.1) is 0 Å². The number of esters is 3. The summed E-state index contributed by atoms with van der Waals surface area (Å²) < 4.78 is 32.9. The summed E-state index contributed by atoms with van der Waals surface area (Å²) in [6.45, 7) is 4.60. The first-order valence-corrected chi connectivity index (χ1v) is 10.2. The SMILES string of the molecule is COc1ccc([C@@H]2O[C@H](COC(C)=O)[C@@H](OC(C)=O)[C@H](OC(C)=O)[C@H]2NC(C)=O)c(OC)c1. The van der Waals surface area contributed by atoms with Crippen LogP contribution in [0.4, 0.5) is 0 Å². The monoisotopic (exact) mass is 467 g/mol. The number of hydrogen-bond donors (Lipinski definition) is 1. The number of carbonyl (C=O) groups is 4. The third-order valence-corrected chi connectivity index (χ3v) is 4.86. The minimum Gasteiger partial charge on any atom is -0.497 e. The molecule has 5 atom stereocenters. The second-order valence-corrected chi connectivity index (χ2v) is 7.38. The van der Waals surface area contributed by atoms with Crippen molar-refractivity contribution in [3.63, 3.8) is 0 Å². The Balaban J connectivity index is 2.62. The summed E-state index contributed by atoms with van der Waals surface area (Å²) >= 11 is 0. The Morgan fingerprint density at radius 3 is 2.06 bits per heavy atom. The summed E-state index contributed by atoms with van der Waals surface area (Å²) in [5.41, 5.74) is 0.503. The molecule has 11 nitrogen and oxygen atoms in total. The van der Waals surface area contributed by atoms with Gasteiger partial charge < -0.3 is 33.7 Å². The number of carbonyl (C=O) groups excluding carboxylic acids is 4. The van der Waals surface area contributed by atoms with Crippen LogP contribution in [0.15, 0.2) is 18.2 Å². The van der Waals surface area contributed by atoms with Gasteiger partial charge >= 0.3 is 17.9 Å². The van der Waals surface area contributed by atoms with Crippen molar-refractivity contribution in [2.75, 3.05) is 20.8 Å². The summed E-state index contributed by atoms with van der Waals surface area (Å²) in [4.78, 5) is 47.3. The van der Waals surface area contributed by atoms with Crippen molar-refractivity contribution in [2.24, 2.45) is 0 Å². The number of hydrogen-bond acceptors (Lipinski definition) is 10. The predicted octanol–water partition coefficient (Wildman–Crippen LogP) is 1.07. The van der Waals surface area contributed by atoms with E-state index in [0.717, 1.165) is 0 Å². The molecule has 0 bridgehead atoms. The van der Waals surface area contributed by atoms with Crippen molar-refractivity contribution in [2.45, 2.75) is 58.2 Å². The molecule has 1 aromatic rings. The average Bonchev–Trinajstić information content (AvgIpc) is 2.73. The van der Waals surface area contributed by atoms with Crippen LogP contribution < -0.4 is 14.8 Å². The van der Waals surface area contributed by atoms with Crippen molar-refractivity contribution in [1.29, 1.82) is 0 Å². The number of methoxy groups -OCH3 is 2. The Labute approximate surface area is 191 Å². The van der Waals surface area contributed by atoms with Crippen LogP contribution in [0.2, 0.25) is 0 Å². The van der Waals surface area contributed by atoms with Gasteiger partial charge in [0.2, 0.25) is 5.91 Å². The number of nitrogens with one attached hydrogen (secondary N) is 1. The van der Waals surface area contributed by atoms with Gasteiger partial charge in [-0.15, -0.1) is 0 Å². The molecule has 1 amide bonds. The first-order chi connectivity index (χ1) is 15.6. The van der Waals surface area contributed by atoms with Gasteiger partial charge in [-0.2, -0.15) is 0 Å². The van der Waals surface area contributed by atoms with E-state index in [1.54, 1.807) is 18.2 Å². The summed E-state index contributed by atoms with van der Waals surface area (Å²) in [6, 6.07) is 4.01. The van der Waals surface area contributed by atoms with E-state index >= 15 is 0 Å². The van der Waals surface area contributed by atoms with E-state index in [0.29, 0.717) is 17.1 Å².